The summed E-state index contributed by atoms with van der Waals surface area (Å²) in [6.07, 6.45) is 0. The van der Waals surface area contributed by atoms with Crippen molar-refractivity contribution < 1.29 is 9.18 Å². The van der Waals surface area contributed by atoms with E-state index in [0.29, 0.717) is 5.56 Å². The highest BCUT2D eigenvalue weighted by molar-refractivity contribution is 6.11. The molecule has 0 saturated carbocycles. The van der Waals surface area contributed by atoms with Crippen molar-refractivity contribution in [1.29, 1.82) is 0 Å². The molecule has 0 amide bonds. The molecule has 1 nitrogen and oxygen atoms in total. The van der Waals surface area contributed by atoms with E-state index in [9.17, 15) is 9.18 Å². The summed E-state index contributed by atoms with van der Waals surface area (Å²) < 4.78 is 13.6. The van der Waals surface area contributed by atoms with Crippen LogP contribution in [0.3, 0.4) is 0 Å². The van der Waals surface area contributed by atoms with Gasteiger partial charge in [0.1, 0.15) is 0 Å². The number of rotatable bonds is 2. The van der Waals surface area contributed by atoms with E-state index >= 15 is 0 Å². The first kappa shape index (κ1) is 10.8. The van der Waals surface area contributed by atoms with Gasteiger partial charge in [-0.1, -0.05) is 42.5 Å². The molecule has 0 radical (unpaired) electrons. The molecule has 0 spiro atoms. The van der Waals surface area contributed by atoms with Crippen molar-refractivity contribution in [2.75, 3.05) is 0 Å². The van der Waals surface area contributed by atoms with Gasteiger partial charge in [-0.25, -0.2) is 4.39 Å². The first-order valence-corrected chi connectivity index (χ1v) is 5.21. The van der Waals surface area contributed by atoms with E-state index in [1.807, 2.05) is 30.3 Å². The molecule has 0 saturated heterocycles. The number of fused-ring (bicyclic) bond motifs is 1. The number of hydrogen-bond acceptors (Lipinski definition) is 1. The van der Waals surface area contributed by atoms with E-state index in [-0.39, 0.29) is 0 Å². The van der Waals surface area contributed by atoms with E-state index in [4.69, 9.17) is 0 Å². The molecular formula is C14H13FO. The van der Waals surface area contributed by atoms with Crippen LogP contribution < -0.4 is 0 Å². The predicted octanol–water partition coefficient (Wildman–Crippen LogP) is 3.77. The molecule has 0 aliphatic carbocycles. The van der Waals surface area contributed by atoms with E-state index in [1.54, 1.807) is 12.1 Å². The summed E-state index contributed by atoms with van der Waals surface area (Å²) in [6, 6.07) is 12.9. The van der Waals surface area contributed by atoms with Gasteiger partial charge in [0, 0.05) is 5.56 Å². The Labute approximate surface area is 93.9 Å². The fourth-order valence-electron chi connectivity index (χ4n) is 1.74. The highest BCUT2D eigenvalue weighted by Crippen LogP contribution is 2.24. The minimum absolute atomic E-state index is 0.450. The van der Waals surface area contributed by atoms with Crippen molar-refractivity contribution in [3.8, 4) is 0 Å². The zero-order valence-electron chi connectivity index (χ0n) is 9.33. The van der Waals surface area contributed by atoms with Crippen molar-refractivity contribution in [2.45, 2.75) is 19.5 Å². The first-order chi connectivity index (χ1) is 7.50. The molecule has 0 fully saturated rings. The Morgan fingerprint density at radius 1 is 1.06 bits per heavy atom. The van der Waals surface area contributed by atoms with Gasteiger partial charge in [0.25, 0.3) is 0 Å². The van der Waals surface area contributed by atoms with Crippen molar-refractivity contribution in [2.24, 2.45) is 0 Å². The summed E-state index contributed by atoms with van der Waals surface area (Å²) in [5.41, 5.74) is -1.38. The van der Waals surface area contributed by atoms with Gasteiger partial charge in [-0.15, -0.1) is 0 Å². The molecule has 0 aliphatic heterocycles. The number of carbonyl (C=O) groups is 1. The van der Waals surface area contributed by atoms with Gasteiger partial charge in [0.2, 0.25) is 0 Å². The lowest BCUT2D eigenvalue weighted by Gasteiger charge is -2.14. The highest BCUT2D eigenvalue weighted by Gasteiger charge is 2.28. The quantitative estimate of drug-likeness (QED) is 0.698. The third-order valence-corrected chi connectivity index (χ3v) is 2.57. The Kier molecular flexibility index (Phi) is 2.50. The number of Topliss-reactive ketones (excluding diaryl/α,β-unsaturated/α-hetero) is 1. The van der Waals surface area contributed by atoms with Crippen LogP contribution in [0.4, 0.5) is 4.39 Å². The Hall–Kier alpha value is -1.70. The Balaban J connectivity index is 2.66. The van der Waals surface area contributed by atoms with Gasteiger partial charge in [-0.2, -0.15) is 0 Å². The number of benzene rings is 2. The molecule has 2 aromatic carbocycles. The second kappa shape index (κ2) is 3.71. The monoisotopic (exact) mass is 216 g/mol. The fraction of sp³-hybridized carbons (Fsp3) is 0.214. The molecule has 2 aromatic rings. The summed E-state index contributed by atoms with van der Waals surface area (Å²) in [6.45, 7) is 2.58. The number of alkyl halides is 1. The summed E-state index contributed by atoms with van der Waals surface area (Å²) in [7, 11) is 0. The van der Waals surface area contributed by atoms with Crippen LogP contribution in [0.2, 0.25) is 0 Å². The van der Waals surface area contributed by atoms with Crippen LogP contribution in [0.15, 0.2) is 42.5 Å². The van der Waals surface area contributed by atoms with Crippen molar-refractivity contribution >= 4 is 16.6 Å². The van der Waals surface area contributed by atoms with E-state index in [2.05, 4.69) is 0 Å². The molecule has 0 unspecified atom stereocenters. The number of ketones is 1. The lowest BCUT2D eigenvalue weighted by Crippen LogP contribution is -2.26. The van der Waals surface area contributed by atoms with Crippen LogP contribution in [0.1, 0.15) is 24.2 Å². The molecule has 0 atom stereocenters. The van der Waals surface area contributed by atoms with Crippen LogP contribution in [-0.2, 0) is 0 Å². The predicted molar refractivity (Wildman–Crippen MR) is 63.5 cm³/mol. The summed E-state index contributed by atoms with van der Waals surface area (Å²) >= 11 is 0. The second-order valence-electron chi connectivity index (χ2n) is 4.33. The lowest BCUT2D eigenvalue weighted by molar-refractivity contribution is 0.0762. The Bertz CT molecular complexity index is 532. The SMILES string of the molecule is CC(C)(F)C(=O)c1cccc2ccccc12. The number of hydrogen-bond donors (Lipinski definition) is 0. The van der Waals surface area contributed by atoms with Crippen LogP contribution in [0.5, 0.6) is 0 Å². The summed E-state index contributed by atoms with van der Waals surface area (Å²) in [5.74, 6) is -0.468. The third kappa shape index (κ3) is 1.83. The second-order valence-corrected chi connectivity index (χ2v) is 4.33. The topological polar surface area (TPSA) is 17.1 Å². The summed E-state index contributed by atoms with van der Waals surface area (Å²) in [5, 5.41) is 1.76. The van der Waals surface area contributed by atoms with Crippen molar-refractivity contribution in [3.63, 3.8) is 0 Å². The standard InChI is InChI=1S/C14H13FO/c1-14(2,15)13(16)12-9-5-7-10-6-3-4-8-11(10)12/h3-9H,1-2H3. The fourth-order valence-corrected chi connectivity index (χ4v) is 1.74. The van der Waals surface area contributed by atoms with Gasteiger partial charge in [0.05, 0.1) is 0 Å². The molecular weight excluding hydrogens is 203 g/mol. The normalized spacial score (nSPS) is 11.7. The van der Waals surface area contributed by atoms with Crippen LogP contribution in [-0.4, -0.2) is 11.5 Å². The first-order valence-electron chi connectivity index (χ1n) is 5.21. The smallest absolute Gasteiger partial charge is 0.200 e. The van der Waals surface area contributed by atoms with Crippen LogP contribution >= 0.6 is 0 Å². The van der Waals surface area contributed by atoms with E-state index in [0.717, 1.165) is 10.8 Å². The maximum atomic E-state index is 13.6. The lowest BCUT2D eigenvalue weighted by atomic mass is 9.94. The largest absolute Gasteiger partial charge is 0.291 e. The van der Waals surface area contributed by atoms with Crippen LogP contribution in [0.25, 0.3) is 10.8 Å². The number of halogens is 1. The molecule has 2 rings (SSSR count). The van der Waals surface area contributed by atoms with Gasteiger partial charge < -0.3 is 0 Å². The maximum absolute atomic E-state index is 13.6. The average Bonchev–Trinajstić information content (AvgIpc) is 2.26. The van der Waals surface area contributed by atoms with Crippen molar-refractivity contribution in [3.05, 3.63) is 48.0 Å². The zero-order valence-corrected chi connectivity index (χ0v) is 9.33. The molecule has 2 heteroatoms. The molecule has 0 bridgehead atoms. The molecule has 0 aromatic heterocycles. The summed E-state index contributed by atoms with van der Waals surface area (Å²) in [4.78, 5) is 11.9. The molecule has 0 aliphatic rings. The van der Waals surface area contributed by atoms with Gasteiger partial charge >= 0.3 is 0 Å². The minimum atomic E-state index is -1.83. The zero-order chi connectivity index (χ0) is 11.8. The average molecular weight is 216 g/mol. The van der Waals surface area contributed by atoms with Gasteiger partial charge in [0.15, 0.2) is 11.5 Å². The van der Waals surface area contributed by atoms with Gasteiger partial charge in [-0.05, 0) is 24.6 Å². The highest BCUT2D eigenvalue weighted by atomic mass is 19.1. The molecule has 16 heavy (non-hydrogen) atoms. The molecule has 0 heterocycles. The third-order valence-electron chi connectivity index (χ3n) is 2.57. The molecule has 0 N–H and O–H groups in total. The Morgan fingerprint density at radius 3 is 2.38 bits per heavy atom. The Morgan fingerprint density at radius 2 is 1.69 bits per heavy atom. The minimum Gasteiger partial charge on any atom is -0.291 e. The van der Waals surface area contributed by atoms with Gasteiger partial charge in [-0.3, -0.25) is 4.79 Å². The van der Waals surface area contributed by atoms with Crippen molar-refractivity contribution in [1.82, 2.24) is 0 Å². The van der Waals surface area contributed by atoms with Crippen LogP contribution in [0, 0.1) is 0 Å². The van der Waals surface area contributed by atoms with E-state index < -0.39 is 11.5 Å². The maximum Gasteiger partial charge on any atom is 0.200 e. The number of carbonyl (C=O) groups excluding carboxylic acids is 1. The van der Waals surface area contributed by atoms with E-state index in [1.165, 1.54) is 13.8 Å². The molecule has 82 valence electrons.